The summed E-state index contributed by atoms with van der Waals surface area (Å²) in [5.74, 6) is 0.261. The number of nitrogens with zero attached hydrogens (tertiary/aromatic N) is 3. The van der Waals surface area contributed by atoms with E-state index >= 15 is 0 Å². The minimum atomic E-state index is -0.296. The molecular weight excluding hydrogens is 474 g/mol. The van der Waals surface area contributed by atoms with Gasteiger partial charge in [-0.05, 0) is 49.9 Å². The SMILES string of the molecule is CCCN(CC(=O)Nc1cc(-c2ccccc2)nn1-c1ccc(C)cc1C)C(=O)Nc1ccccc1CC. The van der Waals surface area contributed by atoms with Gasteiger partial charge in [-0.1, -0.05) is 80.1 Å². The number of benzene rings is 3. The second-order valence-corrected chi connectivity index (χ2v) is 9.39. The highest BCUT2D eigenvalue weighted by atomic mass is 16.2. The summed E-state index contributed by atoms with van der Waals surface area (Å²) >= 11 is 0. The van der Waals surface area contributed by atoms with Crippen molar-refractivity contribution in [2.24, 2.45) is 0 Å². The fourth-order valence-corrected chi connectivity index (χ4v) is 4.47. The minimum Gasteiger partial charge on any atom is -0.315 e. The van der Waals surface area contributed by atoms with Gasteiger partial charge in [-0.3, -0.25) is 4.79 Å². The second-order valence-electron chi connectivity index (χ2n) is 9.39. The molecule has 196 valence electrons. The first-order chi connectivity index (χ1) is 18.4. The first kappa shape index (κ1) is 26.7. The zero-order valence-corrected chi connectivity index (χ0v) is 22.5. The molecule has 4 rings (SSSR count). The van der Waals surface area contributed by atoms with E-state index in [-0.39, 0.29) is 18.5 Å². The zero-order chi connectivity index (χ0) is 27.1. The van der Waals surface area contributed by atoms with Gasteiger partial charge in [0.05, 0.1) is 11.4 Å². The van der Waals surface area contributed by atoms with Crippen LogP contribution in [0, 0.1) is 13.8 Å². The summed E-state index contributed by atoms with van der Waals surface area (Å²) in [6, 6.07) is 25.3. The zero-order valence-electron chi connectivity index (χ0n) is 22.5. The van der Waals surface area contributed by atoms with Crippen LogP contribution in [-0.2, 0) is 11.2 Å². The van der Waals surface area contributed by atoms with Crippen LogP contribution in [0.15, 0.2) is 78.9 Å². The Morgan fingerprint density at radius 2 is 1.63 bits per heavy atom. The van der Waals surface area contributed by atoms with Gasteiger partial charge >= 0.3 is 6.03 Å². The van der Waals surface area contributed by atoms with E-state index in [0.29, 0.717) is 12.4 Å². The fraction of sp³-hybridized carbons (Fsp3) is 0.258. The Morgan fingerprint density at radius 1 is 0.895 bits per heavy atom. The van der Waals surface area contributed by atoms with E-state index in [4.69, 9.17) is 5.10 Å². The maximum atomic E-state index is 13.3. The number of carbonyl (C=O) groups is 2. The number of hydrogen-bond donors (Lipinski definition) is 2. The lowest BCUT2D eigenvalue weighted by atomic mass is 10.1. The molecule has 0 bridgehead atoms. The monoisotopic (exact) mass is 509 g/mol. The van der Waals surface area contributed by atoms with Gasteiger partial charge in [0.2, 0.25) is 5.91 Å². The van der Waals surface area contributed by atoms with Crippen LogP contribution in [0.2, 0.25) is 0 Å². The Morgan fingerprint density at radius 3 is 2.34 bits per heavy atom. The van der Waals surface area contributed by atoms with Crippen LogP contribution < -0.4 is 10.6 Å². The number of urea groups is 1. The van der Waals surface area contributed by atoms with Crippen LogP contribution >= 0.6 is 0 Å². The van der Waals surface area contributed by atoms with Gasteiger partial charge in [0, 0.05) is 23.9 Å². The Labute approximate surface area is 224 Å². The summed E-state index contributed by atoms with van der Waals surface area (Å²) < 4.78 is 1.76. The molecule has 38 heavy (non-hydrogen) atoms. The molecule has 7 heteroatoms. The van der Waals surface area contributed by atoms with Crippen LogP contribution in [-0.4, -0.2) is 39.7 Å². The number of hydrogen-bond acceptors (Lipinski definition) is 3. The molecule has 2 N–H and O–H groups in total. The molecule has 1 aromatic heterocycles. The Hall–Kier alpha value is -4.39. The number of anilines is 2. The third-order valence-electron chi connectivity index (χ3n) is 6.38. The van der Waals surface area contributed by atoms with Crippen LogP contribution in [0.4, 0.5) is 16.3 Å². The van der Waals surface area contributed by atoms with Crippen molar-refractivity contribution in [3.8, 4) is 16.9 Å². The molecular formula is C31H35N5O2. The highest BCUT2D eigenvalue weighted by Crippen LogP contribution is 2.27. The molecule has 0 unspecified atom stereocenters. The third-order valence-corrected chi connectivity index (χ3v) is 6.38. The average molecular weight is 510 g/mol. The smallest absolute Gasteiger partial charge is 0.315 e. The standard InChI is InChI=1S/C31H35N5O2/c1-5-18-35(31(38)32-26-15-11-10-12-24(26)6-2)21-30(37)33-29-20-27(25-13-8-7-9-14-25)34-36(29)28-17-16-22(3)19-23(28)4/h7-17,19-20H,5-6,18,21H2,1-4H3,(H,32,38)(H,33,37). The normalized spacial score (nSPS) is 10.7. The van der Waals surface area contributed by atoms with Crippen molar-refractivity contribution in [2.75, 3.05) is 23.7 Å². The van der Waals surface area contributed by atoms with Gasteiger partial charge < -0.3 is 15.5 Å². The van der Waals surface area contributed by atoms with Crippen LogP contribution in [0.1, 0.15) is 37.0 Å². The lowest BCUT2D eigenvalue weighted by Gasteiger charge is -2.23. The topological polar surface area (TPSA) is 79.3 Å². The van der Waals surface area contributed by atoms with Crippen molar-refractivity contribution >= 4 is 23.4 Å². The number of para-hydroxylation sites is 1. The van der Waals surface area contributed by atoms with Gasteiger partial charge in [0.1, 0.15) is 12.4 Å². The highest BCUT2D eigenvalue weighted by Gasteiger charge is 2.20. The van der Waals surface area contributed by atoms with Crippen molar-refractivity contribution < 1.29 is 9.59 Å². The van der Waals surface area contributed by atoms with Gasteiger partial charge in [-0.2, -0.15) is 5.10 Å². The number of nitrogens with one attached hydrogen (secondary N) is 2. The Bertz CT molecular complexity index is 1410. The number of carbonyl (C=O) groups excluding carboxylic acids is 2. The Kier molecular flexibility index (Phi) is 8.58. The summed E-state index contributed by atoms with van der Waals surface area (Å²) in [6.07, 6.45) is 1.53. The molecule has 0 saturated carbocycles. The molecule has 3 aromatic carbocycles. The predicted molar refractivity (Wildman–Crippen MR) is 154 cm³/mol. The maximum absolute atomic E-state index is 13.3. The molecule has 3 amide bonds. The number of amides is 3. The van der Waals surface area contributed by atoms with E-state index in [0.717, 1.165) is 52.2 Å². The van der Waals surface area contributed by atoms with Gasteiger partial charge in [0.25, 0.3) is 0 Å². The summed E-state index contributed by atoms with van der Waals surface area (Å²) in [7, 11) is 0. The quantitative estimate of drug-likeness (QED) is 0.267. The molecule has 0 aliphatic rings. The van der Waals surface area contributed by atoms with Crippen LogP contribution in [0.25, 0.3) is 16.9 Å². The maximum Gasteiger partial charge on any atom is 0.322 e. The minimum absolute atomic E-state index is 0.0767. The van der Waals surface area contributed by atoms with E-state index in [1.165, 1.54) is 4.90 Å². The third kappa shape index (κ3) is 6.29. The van der Waals surface area contributed by atoms with Gasteiger partial charge in [-0.15, -0.1) is 0 Å². The summed E-state index contributed by atoms with van der Waals surface area (Å²) in [4.78, 5) is 27.9. The van der Waals surface area contributed by atoms with E-state index in [1.54, 1.807) is 4.68 Å². The molecule has 7 nitrogen and oxygen atoms in total. The van der Waals surface area contributed by atoms with E-state index in [9.17, 15) is 9.59 Å². The molecule has 0 saturated heterocycles. The van der Waals surface area contributed by atoms with Crippen molar-refractivity contribution in [2.45, 2.75) is 40.5 Å². The summed E-state index contributed by atoms with van der Waals surface area (Å²) in [5, 5.41) is 10.8. The lowest BCUT2D eigenvalue weighted by Crippen LogP contribution is -2.41. The van der Waals surface area contributed by atoms with Crippen LogP contribution in [0.3, 0.4) is 0 Å². The fourth-order valence-electron chi connectivity index (χ4n) is 4.47. The van der Waals surface area contributed by atoms with Crippen molar-refractivity contribution in [1.29, 1.82) is 0 Å². The predicted octanol–water partition coefficient (Wildman–Crippen LogP) is 6.60. The van der Waals surface area contributed by atoms with Crippen molar-refractivity contribution in [1.82, 2.24) is 14.7 Å². The average Bonchev–Trinajstić information content (AvgIpc) is 3.32. The van der Waals surface area contributed by atoms with E-state index < -0.39 is 0 Å². The molecule has 1 heterocycles. The molecule has 0 spiro atoms. The molecule has 0 radical (unpaired) electrons. The van der Waals surface area contributed by atoms with Crippen LogP contribution in [0.5, 0.6) is 0 Å². The number of aromatic nitrogens is 2. The van der Waals surface area contributed by atoms with E-state index in [1.807, 2.05) is 100 Å². The van der Waals surface area contributed by atoms with Gasteiger partial charge in [0.15, 0.2) is 0 Å². The molecule has 0 fully saturated rings. The molecule has 0 aliphatic carbocycles. The number of aryl methyl sites for hydroxylation is 3. The highest BCUT2D eigenvalue weighted by molar-refractivity contribution is 5.97. The first-order valence-corrected chi connectivity index (χ1v) is 13.1. The second kappa shape index (κ2) is 12.2. The molecule has 4 aromatic rings. The van der Waals surface area contributed by atoms with Crippen molar-refractivity contribution in [3.63, 3.8) is 0 Å². The molecule has 0 aliphatic heterocycles. The summed E-state index contributed by atoms with van der Waals surface area (Å²) in [6.45, 7) is 8.49. The largest absolute Gasteiger partial charge is 0.322 e. The lowest BCUT2D eigenvalue weighted by molar-refractivity contribution is -0.116. The molecule has 0 atom stereocenters. The van der Waals surface area contributed by atoms with Crippen molar-refractivity contribution in [3.05, 3.63) is 95.6 Å². The van der Waals surface area contributed by atoms with E-state index in [2.05, 4.69) is 16.7 Å². The number of rotatable bonds is 9. The Balaban J connectivity index is 1.58. The van der Waals surface area contributed by atoms with Gasteiger partial charge in [-0.25, -0.2) is 9.48 Å². The first-order valence-electron chi connectivity index (χ1n) is 13.1. The summed E-state index contributed by atoms with van der Waals surface area (Å²) in [5.41, 5.74) is 6.60.